The molecule has 26 heavy (non-hydrogen) atoms. The summed E-state index contributed by atoms with van der Waals surface area (Å²) in [6, 6.07) is 10.3. The summed E-state index contributed by atoms with van der Waals surface area (Å²) in [6.45, 7) is 1.69. The molecule has 1 aromatic carbocycles. The molecule has 0 unspecified atom stereocenters. The quantitative estimate of drug-likeness (QED) is 0.644. The van der Waals surface area contributed by atoms with E-state index in [1.54, 1.807) is 36.4 Å². The Bertz CT molecular complexity index is 978. The standard InChI is InChI=1S/C18H17N3O5/c1-11(17(23)19-10-12-5-4-8-25-12)26-16(22)9-15-13-6-2-3-7-14(13)18(24)21-20-15/h2-8,11H,9-10H2,1H3,(H,19,23)(H,21,24)/t11-/m1/s1. The van der Waals surface area contributed by atoms with Crippen molar-refractivity contribution in [3.8, 4) is 0 Å². The van der Waals surface area contributed by atoms with Gasteiger partial charge in [-0.3, -0.25) is 14.4 Å². The van der Waals surface area contributed by atoms with Crippen molar-refractivity contribution in [3.63, 3.8) is 0 Å². The van der Waals surface area contributed by atoms with E-state index in [-0.39, 0.29) is 18.5 Å². The van der Waals surface area contributed by atoms with E-state index in [0.717, 1.165) is 0 Å². The minimum atomic E-state index is -0.966. The number of ether oxygens (including phenoxy) is 1. The third-order valence-corrected chi connectivity index (χ3v) is 3.78. The number of aromatic amines is 1. The first-order valence-corrected chi connectivity index (χ1v) is 8.00. The molecule has 0 saturated carbocycles. The molecule has 0 fully saturated rings. The Morgan fingerprint density at radius 1 is 1.23 bits per heavy atom. The lowest BCUT2D eigenvalue weighted by Gasteiger charge is -2.13. The molecule has 0 spiro atoms. The Morgan fingerprint density at radius 3 is 2.73 bits per heavy atom. The highest BCUT2D eigenvalue weighted by Crippen LogP contribution is 2.13. The van der Waals surface area contributed by atoms with E-state index in [9.17, 15) is 14.4 Å². The van der Waals surface area contributed by atoms with E-state index in [1.165, 1.54) is 13.2 Å². The molecule has 0 aliphatic rings. The van der Waals surface area contributed by atoms with Crippen LogP contribution in [0.1, 0.15) is 18.4 Å². The molecule has 2 aromatic heterocycles. The Hall–Kier alpha value is -3.42. The molecule has 1 atom stereocenters. The number of hydrogen-bond acceptors (Lipinski definition) is 6. The van der Waals surface area contributed by atoms with E-state index in [1.807, 2.05) is 0 Å². The van der Waals surface area contributed by atoms with Crippen LogP contribution in [0, 0.1) is 0 Å². The van der Waals surface area contributed by atoms with Crippen molar-refractivity contribution in [3.05, 3.63) is 64.5 Å². The summed E-state index contributed by atoms with van der Waals surface area (Å²) in [7, 11) is 0. The fraction of sp³-hybridized carbons (Fsp3) is 0.222. The highest BCUT2D eigenvalue weighted by Gasteiger charge is 2.19. The first kappa shape index (κ1) is 17.4. The van der Waals surface area contributed by atoms with E-state index in [2.05, 4.69) is 15.5 Å². The lowest BCUT2D eigenvalue weighted by atomic mass is 10.1. The van der Waals surface area contributed by atoms with Gasteiger partial charge >= 0.3 is 5.97 Å². The maximum Gasteiger partial charge on any atom is 0.312 e. The number of amides is 1. The molecule has 2 heterocycles. The highest BCUT2D eigenvalue weighted by atomic mass is 16.5. The first-order chi connectivity index (χ1) is 12.5. The molecule has 0 radical (unpaired) electrons. The van der Waals surface area contributed by atoms with Crippen molar-refractivity contribution in [2.24, 2.45) is 0 Å². The van der Waals surface area contributed by atoms with Gasteiger partial charge in [-0.25, -0.2) is 5.10 Å². The van der Waals surface area contributed by atoms with Crippen LogP contribution in [0.15, 0.2) is 51.9 Å². The van der Waals surface area contributed by atoms with Crippen LogP contribution in [0.25, 0.3) is 10.8 Å². The molecule has 1 amide bonds. The van der Waals surface area contributed by atoms with Crippen LogP contribution in [0.2, 0.25) is 0 Å². The summed E-state index contributed by atoms with van der Waals surface area (Å²) in [5.41, 5.74) is 0.0526. The number of fused-ring (bicyclic) bond motifs is 1. The van der Waals surface area contributed by atoms with Gasteiger partial charge < -0.3 is 14.5 Å². The van der Waals surface area contributed by atoms with Gasteiger partial charge in [-0.15, -0.1) is 0 Å². The monoisotopic (exact) mass is 355 g/mol. The molecule has 8 nitrogen and oxygen atoms in total. The molecule has 0 aliphatic carbocycles. The number of esters is 1. The number of nitrogens with one attached hydrogen (secondary N) is 2. The molecule has 3 rings (SSSR count). The lowest BCUT2D eigenvalue weighted by molar-refractivity contribution is -0.154. The first-order valence-electron chi connectivity index (χ1n) is 8.00. The second-order valence-corrected chi connectivity index (χ2v) is 5.65. The second-order valence-electron chi connectivity index (χ2n) is 5.65. The van der Waals surface area contributed by atoms with Gasteiger partial charge in [0.15, 0.2) is 6.10 Å². The minimum absolute atomic E-state index is 0.160. The number of aromatic nitrogens is 2. The van der Waals surface area contributed by atoms with Crippen LogP contribution >= 0.6 is 0 Å². The smallest absolute Gasteiger partial charge is 0.312 e. The summed E-state index contributed by atoms with van der Waals surface area (Å²) >= 11 is 0. The molecule has 134 valence electrons. The number of furan rings is 1. The molecule has 3 aromatic rings. The van der Waals surface area contributed by atoms with Gasteiger partial charge in [0.25, 0.3) is 11.5 Å². The molecule has 0 bridgehead atoms. The van der Waals surface area contributed by atoms with Crippen molar-refractivity contribution in [2.45, 2.75) is 26.0 Å². The zero-order valence-corrected chi connectivity index (χ0v) is 14.0. The van der Waals surface area contributed by atoms with Gasteiger partial charge in [0.05, 0.1) is 30.3 Å². The van der Waals surface area contributed by atoms with Crippen molar-refractivity contribution in [1.82, 2.24) is 15.5 Å². The maximum atomic E-state index is 12.1. The zero-order valence-electron chi connectivity index (χ0n) is 14.0. The van der Waals surface area contributed by atoms with E-state index in [0.29, 0.717) is 22.2 Å². The number of carbonyl (C=O) groups is 2. The Balaban J connectivity index is 1.61. The van der Waals surface area contributed by atoms with E-state index in [4.69, 9.17) is 9.15 Å². The van der Waals surface area contributed by atoms with Crippen molar-refractivity contribution in [2.75, 3.05) is 0 Å². The normalized spacial score (nSPS) is 11.9. The van der Waals surface area contributed by atoms with Crippen LogP contribution < -0.4 is 10.9 Å². The van der Waals surface area contributed by atoms with Gasteiger partial charge in [-0.05, 0) is 25.1 Å². The summed E-state index contributed by atoms with van der Waals surface area (Å²) in [5.74, 6) is -0.454. The van der Waals surface area contributed by atoms with Gasteiger partial charge in [0.2, 0.25) is 0 Å². The van der Waals surface area contributed by atoms with Gasteiger partial charge in [0.1, 0.15) is 5.76 Å². The van der Waals surface area contributed by atoms with E-state index >= 15 is 0 Å². The predicted octanol–water partition coefficient (Wildman–Crippen LogP) is 1.31. The summed E-state index contributed by atoms with van der Waals surface area (Å²) in [4.78, 5) is 35.9. The highest BCUT2D eigenvalue weighted by molar-refractivity contribution is 5.88. The lowest BCUT2D eigenvalue weighted by Crippen LogP contribution is -2.35. The van der Waals surface area contributed by atoms with Crippen LogP contribution in [0.4, 0.5) is 0 Å². The largest absolute Gasteiger partial charge is 0.467 e. The predicted molar refractivity (Wildman–Crippen MR) is 92.2 cm³/mol. The average Bonchev–Trinajstić information content (AvgIpc) is 3.16. The second kappa shape index (κ2) is 7.64. The maximum absolute atomic E-state index is 12.1. The van der Waals surface area contributed by atoms with Crippen LogP contribution in [0.5, 0.6) is 0 Å². The van der Waals surface area contributed by atoms with Gasteiger partial charge in [-0.2, -0.15) is 5.10 Å². The van der Waals surface area contributed by atoms with E-state index < -0.39 is 18.0 Å². The summed E-state index contributed by atoms with van der Waals surface area (Å²) in [6.07, 6.45) is 0.381. The zero-order chi connectivity index (χ0) is 18.5. The number of H-pyrrole nitrogens is 1. The number of nitrogens with zero attached hydrogens (tertiary/aromatic N) is 1. The topological polar surface area (TPSA) is 114 Å². The van der Waals surface area contributed by atoms with Crippen molar-refractivity contribution >= 4 is 22.6 Å². The van der Waals surface area contributed by atoms with Gasteiger partial charge in [0, 0.05) is 5.39 Å². The minimum Gasteiger partial charge on any atom is -0.467 e. The third-order valence-electron chi connectivity index (χ3n) is 3.78. The van der Waals surface area contributed by atoms with Crippen molar-refractivity contribution in [1.29, 1.82) is 0 Å². The number of benzene rings is 1. The number of carbonyl (C=O) groups excluding carboxylic acids is 2. The van der Waals surface area contributed by atoms with Crippen LogP contribution in [-0.2, 0) is 27.3 Å². The molecule has 0 saturated heterocycles. The average molecular weight is 355 g/mol. The third kappa shape index (κ3) is 3.97. The Kier molecular flexibility index (Phi) is 5.12. The fourth-order valence-corrected chi connectivity index (χ4v) is 2.47. The molecular formula is C18H17N3O5. The Morgan fingerprint density at radius 2 is 2.00 bits per heavy atom. The molecule has 2 N–H and O–H groups in total. The molecular weight excluding hydrogens is 338 g/mol. The van der Waals surface area contributed by atoms with Gasteiger partial charge in [-0.1, -0.05) is 18.2 Å². The van der Waals surface area contributed by atoms with Crippen LogP contribution in [-0.4, -0.2) is 28.2 Å². The van der Waals surface area contributed by atoms with Crippen molar-refractivity contribution < 1.29 is 18.7 Å². The molecule has 8 heteroatoms. The fourth-order valence-electron chi connectivity index (χ4n) is 2.47. The molecule has 0 aliphatic heterocycles. The number of hydrogen-bond donors (Lipinski definition) is 2. The number of rotatable bonds is 6. The van der Waals surface area contributed by atoms with Crippen LogP contribution in [0.3, 0.4) is 0 Å². The summed E-state index contributed by atoms with van der Waals surface area (Å²) < 4.78 is 10.3. The summed E-state index contributed by atoms with van der Waals surface area (Å²) in [5, 5.41) is 9.90. The SMILES string of the molecule is C[C@@H](OC(=O)Cc1n[nH]c(=O)c2ccccc12)C(=O)NCc1ccco1. The Labute approximate surface area is 148 Å².